The van der Waals surface area contributed by atoms with Gasteiger partial charge in [0.05, 0.1) is 12.2 Å². The fourth-order valence-electron chi connectivity index (χ4n) is 1.60. The lowest BCUT2D eigenvalue weighted by atomic mass is 10.5. The van der Waals surface area contributed by atoms with E-state index in [0.29, 0.717) is 12.2 Å². The molecule has 114 valence electrons. The molecule has 1 N–H and O–H groups in total. The van der Waals surface area contributed by atoms with Crippen molar-refractivity contribution in [1.82, 2.24) is 19.7 Å². The van der Waals surface area contributed by atoms with Gasteiger partial charge >= 0.3 is 0 Å². The van der Waals surface area contributed by atoms with Gasteiger partial charge in [-0.2, -0.15) is 0 Å². The SMILES string of the molecule is CN(C)C(=NCCNS(=O)(=O)Cc1ccon1)N(C)C. The maximum Gasteiger partial charge on any atom is 0.217 e. The number of aromatic nitrogens is 1. The van der Waals surface area contributed by atoms with E-state index in [1.807, 2.05) is 38.0 Å². The second-order valence-corrected chi connectivity index (χ2v) is 6.42. The Morgan fingerprint density at radius 1 is 1.35 bits per heavy atom. The molecule has 0 aromatic carbocycles. The predicted molar refractivity (Wildman–Crippen MR) is 76.8 cm³/mol. The molecular formula is C11H21N5O3S. The molecule has 20 heavy (non-hydrogen) atoms. The van der Waals surface area contributed by atoms with E-state index in [0.717, 1.165) is 5.96 Å². The summed E-state index contributed by atoms with van der Waals surface area (Å²) in [7, 11) is 4.12. The van der Waals surface area contributed by atoms with E-state index in [1.54, 1.807) is 0 Å². The van der Waals surface area contributed by atoms with Crippen LogP contribution in [0.5, 0.6) is 0 Å². The smallest absolute Gasteiger partial charge is 0.217 e. The first-order valence-electron chi connectivity index (χ1n) is 6.07. The summed E-state index contributed by atoms with van der Waals surface area (Å²) in [5.74, 6) is 0.585. The van der Waals surface area contributed by atoms with Gasteiger partial charge < -0.3 is 14.3 Å². The topological polar surface area (TPSA) is 91.0 Å². The second kappa shape index (κ2) is 7.25. The van der Waals surface area contributed by atoms with E-state index >= 15 is 0 Å². The van der Waals surface area contributed by atoms with Crippen LogP contribution in [0, 0.1) is 0 Å². The van der Waals surface area contributed by atoms with Crippen LogP contribution in [0.3, 0.4) is 0 Å². The molecule has 1 aromatic rings. The lowest BCUT2D eigenvalue weighted by molar-refractivity contribution is 0.413. The standard InChI is InChI=1S/C11H21N5O3S/c1-15(2)11(16(3)4)12-6-7-13-20(17,18)9-10-5-8-19-14-10/h5,8,13H,6-7,9H2,1-4H3. The van der Waals surface area contributed by atoms with Crippen molar-refractivity contribution < 1.29 is 12.9 Å². The largest absolute Gasteiger partial charge is 0.364 e. The summed E-state index contributed by atoms with van der Waals surface area (Å²) in [6.45, 7) is 0.606. The molecule has 0 bridgehead atoms. The molecule has 0 fully saturated rings. The Morgan fingerprint density at radius 3 is 2.50 bits per heavy atom. The minimum absolute atomic E-state index is 0.193. The highest BCUT2D eigenvalue weighted by Gasteiger charge is 2.12. The fraction of sp³-hybridized carbons (Fsp3) is 0.636. The van der Waals surface area contributed by atoms with E-state index in [-0.39, 0.29) is 12.3 Å². The number of nitrogens with zero attached hydrogens (tertiary/aromatic N) is 4. The van der Waals surface area contributed by atoms with Crippen LogP contribution in [0.1, 0.15) is 5.69 Å². The molecule has 0 aliphatic heterocycles. The fourth-order valence-corrected chi connectivity index (χ4v) is 2.64. The molecule has 1 heterocycles. The van der Waals surface area contributed by atoms with E-state index in [2.05, 4.69) is 19.4 Å². The van der Waals surface area contributed by atoms with Gasteiger partial charge in [-0.25, -0.2) is 13.1 Å². The molecule has 0 saturated carbocycles. The van der Waals surface area contributed by atoms with Crippen LogP contribution in [0.25, 0.3) is 0 Å². The predicted octanol–water partition coefficient (Wildman–Crippen LogP) is -0.427. The Hall–Kier alpha value is -1.61. The van der Waals surface area contributed by atoms with E-state index in [9.17, 15) is 8.42 Å². The van der Waals surface area contributed by atoms with Crippen LogP contribution in [0.15, 0.2) is 21.8 Å². The molecule has 0 radical (unpaired) electrons. The highest BCUT2D eigenvalue weighted by Crippen LogP contribution is 2.00. The zero-order chi connectivity index (χ0) is 15.2. The van der Waals surface area contributed by atoms with Gasteiger partial charge in [0.2, 0.25) is 10.0 Å². The van der Waals surface area contributed by atoms with Crippen molar-refractivity contribution in [1.29, 1.82) is 0 Å². The van der Waals surface area contributed by atoms with Crippen molar-refractivity contribution in [3.8, 4) is 0 Å². The van der Waals surface area contributed by atoms with Crippen molar-refractivity contribution in [2.24, 2.45) is 4.99 Å². The molecular weight excluding hydrogens is 282 g/mol. The lowest BCUT2D eigenvalue weighted by Gasteiger charge is -2.22. The van der Waals surface area contributed by atoms with Gasteiger partial charge in [0.1, 0.15) is 12.0 Å². The normalized spacial score (nSPS) is 11.2. The maximum atomic E-state index is 11.7. The van der Waals surface area contributed by atoms with Crippen LogP contribution in [-0.2, 0) is 15.8 Å². The van der Waals surface area contributed by atoms with Crippen LogP contribution >= 0.6 is 0 Å². The Labute approximate surface area is 119 Å². The lowest BCUT2D eigenvalue weighted by Crippen LogP contribution is -2.36. The van der Waals surface area contributed by atoms with Crippen molar-refractivity contribution >= 4 is 16.0 Å². The van der Waals surface area contributed by atoms with Gasteiger partial charge in [0.25, 0.3) is 0 Å². The highest BCUT2D eigenvalue weighted by atomic mass is 32.2. The molecule has 0 amide bonds. The molecule has 1 aromatic heterocycles. The summed E-state index contributed by atoms with van der Waals surface area (Å²) in [4.78, 5) is 8.06. The molecule has 9 heteroatoms. The minimum atomic E-state index is -3.41. The molecule has 0 atom stereocenters. The van der Waals surface area contributed by atoms with Crippen LogP contribution < -0.4 is 4.72 Å². The Morgan fingerprint density at radius 2 is 2.00 bits per heavy atom. The molecule has 0 aliphatic carbocycles. The van der Waals surface area contributed by atoms with Crippen LogP contribution in [0.4, 0.5) is 0 Å². The van der Waals surface area contributed by atoms with Gasteiger partial charge in [-0.15, -0.1) is 0 Å². The molecule has 0 saturated heterocycles. The van der Waals surface area contributed by atoms with Gasteiger partial charge in [-0.1, -0.05) is 5.16 Å². The number of hydrogen-bond donors (Lipinski definition) is 1. The van der Waals surface area contributed by atoms with E-state index < -0.39 is 10.0 Å². The maximum absolute atomic E-state index is 11.7. The molecule has 1 rings (SSSR count). The third-order valence-corrected chi connectivity index (χ3v) is 3.64. The number of sulfonamides is 1. The number of nitrogens with one attached hydrogen (secondary N) is 1. The van der Waals surface area contributed by atoms with Crippen molar-refractivity contribution in [2.45, 2.75) is 5.75 Å². The first-order valence-corrected chi connectivity index (χ1v) is 7.73. The highest BCUT2D eigenvalue weighted by molar-refractivity contribution is 7.88. The number of rotatable bonds is 6. The van der Waals surface area contributed by atoms with E-state index in [1.165, 1.54) is 12.3 Å². The van der Waals surface area contributed by atoms with Crippen molar-refractivity contribution in [3.05, 3.63) is 18.0 Å². The van der Waals surface area contributed by atoms with Gasteiger partial charge in [0, 0.05) is 40.8 Å². The first-order chi connectivity index (χ1) is 9.32. The van der Waals surface area contributed by atoms with Gasteiger partial charge in [-0.05, 0) is 0 Å². The van der Waals surface area contributed by atoms with Crippen molar-refractivity contribution in [3.63, 3.8) is 0 Å². The summed E-state index contributed by atoms with van der Waals surface area (Å²) in [5.41, 5.74) is 0.378. The van der Waals surface area contributed by atoms with E-state index in [4.69, 9.17) is 0 Å². The number of aliphatic imine (C=N–C) groups is 1. The molecule has 0 unspecified atom stereocenters. The summed E-state index contributed by atoms with van der Waals surface area (Å²) in [5, 5.41) is 3.57. The average molecular weight is 303 g/mol. The summed E-state index contributed by atoms with van der Waals surface area (Å²) in [6, 6.07) is 1.52. The number of hydrogen-bond acceptors (Lipinski definition) is 5. The minimum Gasteiger partial charge on any atom is -0.364 e. The quantitative estimate of drug-likeness (QED) is 0.436. The Kier molecular flexibility index (Phi) is 5.96. The molecule has 0 aliphatic rings. The summed E-state index contributed by atoms with van der Waals surface area (Å²) in [6.07, 6.45) is 1.34. The Balaban J connectivity index is 2.45. The third kappa shape index (κ3) is 5.57. The molecule has 0 spiro atoms. The van der Waals surface area contributed by atoms with Crippen LogP contribution in [0.2, 0.25) is 0 Å². The van der Waals surface area contributed by atoms with Crippen LogP contribution in [-0.4, -0.2) is 70.6 Å². The van der Waals surface area contributed by atoms with Gasteiger partial charge in [0.15, 0.2) is 5.96 Å². The monoisotopic (exact) mass is 303 g/mol. The zero-order valence-electron chi connectivity index (χ0n) is 12.2. The second-order valence-electron chi connectivity index (χ2n) is 4.61. The van der Waals surface area contributed by atoms with Crippen molar-refractivity contribution in [2.75, 3.05) is 41.3 Å². The average Bonchev–Trinajstić information content (AvgIpc) is 2.79. The molecule has 8 nitrogen and oxygen atoms in total. The number of guanidine groups is 1. The Bertz CT molecular complexity index is 512. The first kappa shape index (κ1) is 16.4. The van der Waals surface area contributed by atoms with Gasteiger partial charge in [-0.3, -0.25) is 4.99 Å². The zero-order valence-corrected chi connectivity index (χ0v) is 13.0. The summed E-state index contributed by atoms with van der Waals surface area (Å²) >= 11 is 0. The third-order valence-electron chi connectivity index (χ3n) is 2.32. The summed E-state index contributed by atoms with van der Waals surface area (Å²) < 4.78 is 30.6.